The average Bonchev–Trinajstić information content (AvgIpc) is 2.56. The summed E-state index contributed by atoms with van der Waals surface area (Å²) in [5, 5.41) is 6.98. The van der Waals surface area contributed by atoms with Gasteiger partial charge in [-0.05, 0) is 57.7 Å². The van der Waals surface area contributed by atoms with Crippen LogP contribution in [0.4, 0.5) is 0 Å². The molecule has 2 rings (SSSR count). The molecule has 4 nitrogen and oxygen atoms in total. The number of rotatable bonds is 3. The summed E-state index contributed by atoms with van der Waals surface area (Å²) in [7, 11) is -2.71. The molecule has 17 heavy (non-hydrogen) atoms. The van der Waals surface area contributed by atoms with Crippen LogP contribution in [-0.2, 0) is 9.84 Å². The van der Waals surface area contributed by atoms with Gasteiger partial charge >= 0.3 is 0 Å². The van der Waals surface area contributed by atoms with E-state index < -0.39 is 9.84 Å². The minimum Gasteiger partial charge on any atom is -0.317 e. The number of hydrogen-bond acceptors (Lipinski definition) is 4. The fourth-order valence-electron chi connectivity index (χ4n) is 2.72. The summed E-state index contributed by atoms with van der Waals surface area (Å²) in [5.74, 6) is 1.51. The van der Waals surface area contributed by atoms with Crippen molar-refractivity contribution < 1.29 is 8.42 Å². The first kappa shape index (κ1) is 13.3. The van der Waals surface area contributed by atoms with Gasteiger partial charge in [-0.2, -0.15) is 0 Å². The minimum absolute atomic E-state index is 0.372. The van der Waals surface area contributed by atoms with Crippen LogP contribution in [0.15, 0.2) is 0 Å². The maximum absolute atomic E-state index is 11.3. The summed E-state index contributed by atoms with van der Waals surface area (Å²) < 4.78 is 22.6. The van der Waals surface area contributed by atoms with Crippen molar-refractivity contribution >= 4 is 9.84 Å². The van der Waals surface area contributed by atoms with Crippen LogP contribution >= 0.6 is 0 Å². The molecule has 0 saturated carbocycles. The Kier molecular flexibility index (Phi) is 4.82. The Hall–Kier alpha value is -0.130. The Balaban J connectivity index is 1.68. The van der Waals surface area contributed by atoms with Gasteiger partial charge in [0.25, 0.3) is 0 Å². The maximum atomic E-state index is 11.3. The molecule has 1 atom stereocenters. The zero-order chi connectivity index (χ0) is 12.1. The van der Waals surface area contributed by atoms with Crippen LogP contribution in [0.2, 0.25) is 0 Å². The molecule has 0 aromatic rings. The molecule has 0 bridgehead atoms. The molecule has 0 aliphatic carbocycles. The highest BCUT2D eigenvalue weighted by Gasteiger charge is 2.23. The van der Waals surface area contributed by atoms with Crippen molar-refractivity contribution in [2.24, 2.45) is 5.92 Å². The zero-order valence-corrected chi connectivity index (χ0v) is 11.3. The lowest BCUT2D eigenvalue weighted by atomic mass is 10.00. The lowest BCUT2D eigenvalue weighted by molar-refractivity contribution is 0.381. The van der Waals surface area contributed by atoms with Gasteiger partial charge in [0, 0.05) is 6.04 Å². The van der Waals surface area contributed by atoms with Crippen molar-refractivity contribution in [2.75, 3.05) is 31.1 Å². The normalized spacial score (nSPS) is 30.9. The summed E-state index contributed by atoms with van der Waals surface area (Å²) in [6.07, 6.45) is 5.41. The van der Waals surface area contributed by atoms with Gasteiger partial charge in [-0.3, -0.25) is 0 Å². The molecule has 0 aromatic heterocycles. The Bertz CT molecular complexity index is 307. The van der Waals surface area contributed by atoms with Crippen molar-refractivity contribution in [1.29, 1.82) is 0 Å². The zero-order valence-electron chi connectivity index (χ0n) is 10.5. The van der Waals surface area contributed by atoms with Crippen molar-refractivity contribution in [1.82, 2.24) is 10.6 Å². The molecule has 1 unspecified atom stereocenters. The summed E-state index contributed by atoms with van der Waals surface area (Å²) in [4.78, 5) is 0. The van der Waals surface area contributed by atoms with Gasteiger partial charge in [-0.25, -0.2) is 8.42 Å². The third-order valence-electron chi connectivity index (χ3n) is 3.95. The standard InChI is InChI=1S/C12H24N2O2S/c15-17(16)8-4-12(5-9-17)14-10-11-2-1-6-13-7-3-11/h11-14H,1-10H2. The Morgan fingerprint density at radius 1 is 1.06 bits per heavy atom. The molecule has 2 saturated heterocycles. The molecule has 0 radical (unpaired) electrons. The topological polar surface area (TPSA) is 58.2 Å². The van der Waals surface area contributed by atoms with Crippen molar-refractivity contribution in [3.05, 3.63) is 0 Å². The Labute approximate surface area is 104 Å². The van der Waals surface area contributed by atoms with Crippen LogP contribution in [0.25, 0.3) is 0 Å². The van der Waals surface area contributed by atoms with Gasteiger partial charge in [-0.1, -0.05) is 0 Å². The third-order valence-corrected chi connectivity index (χ3v) is 5.66. The van der Waals surface area contributed by atoms with E-state index in [-0.39, 0.29) is 0 Å². The summed E-state index contributed by atoms with van der Waals surface area (Å²) >= 11 is 0. The molecule has 2 heterocycles. The van der Waals surface area contributed by atoms with Crippen LogP contribution in [-0.4, -0.2) is 45.6 Å². The smallest absolute Gasteiger partial charge is 0.150 e. The predicted octanol–water partition coefficient (Wildman–Crippen LogP) is 0.543. The second kappa shape index (κ2) is 6.16. The molecule has 0 spiro atoms. The van der Waals surface area contributed by atoms with Gasteiger partial charge in [0.05, 0.1) is 11.5 Å². The van der Waals surface area contributed by atoms with E-state index in [1.54, 1.807) is 0 Å². The lowest BCUT2D eigenvalue weighted by Gasteiger charge is -2.25. The summed E-state index contributed by atoms with van der Waals surface area (Å²) in [5.41, 5.74) is 0. The molecule has 5 heteroatoms. The third kappa shape index (κ3) is 4.56. The van der Waals surface area contributed by atoms with E-state index in [9.17, 15) is 8.42 Å². The van der Waals surface area contributed by atoms with Gasteiger partial charge in [0.2, 0.25) is 0 Å². The fourth-order valence-corrected chi connectivity index (χ4v) is 4.21. The molecular formula is C12H24N2O2S. The van der Waals surface area contributed by atoms with Crippen LogP contribution < -0.4 is 10.6 Å². The van der Waals surface area contributed by atoms with E-state index in [1.807, 2.05) is 0 Å². The first-order valence-corrected chi connectivity index (χ1v) is 8.62. The van der Waals surface area contributed by atoms with E-state index in [0.29, 0.717) is 17.5 Å². The van der Waals surface area contributed by atoms with Crippen LogP contribution in [0.3, 0.4) is 0 Å². The van der Waals surface area contributed by atoms with E-state index >= 15 is 0 Å². The maximum Gasteiger partial charge on any atom is 0.150 e. The Morgan fingerprint density at radius 2 is 1.82 bits per heavy atom. The first-order valence-electron chi connectivity index (χ1n) is 6.80. The monoisotopic (exact) mass is 260 g/mol. The molecular weight excluding hydrogens is 236 g/mol. The highest BCUT2D eigenvalue weighted by Crippen LogP contribution is 2.15. The van der Waals surface area contributed by atoms with E-state index in [4.69, 9.17) is 0 Å². The van der Waals surface area contributed by atoms with E-state index in [2.05, 4.69) is 10.6 Å². The van der Waals surface area contributed by atoms with Crippen LogP contribution in [0.1, 0.15) is 32.1 Å². The average molecular weight is 260 g/mol. The molecule has 0 aromatic carbocycles. The van der Waals surface area contributed by atoms with Gasteiger partial charge < -0.3 is 10.6 Å². The second-order valence-corrected chi connectivity index (χ2v) is 7.68. The molecule has 100 valence electrons. The van der Waals surface area contributed by atoms with Crippen molar-refractivity contribution in [2.45, 2.75) is 38.1 Å². The molecule has 2 aliphatic rings. The SMILES string of the molecule is O=S1(=O)CCC(NCC2CCCNCC2)CC1. The van der Waals surface area contributed by atoms with Crippen LogP contribution in [0, 0.1) is 5.92 Å². The molecule has 2 fully saturated rings. The van der Waals surface area contributed by atoms with Crippen LogP contribution in [0.5, 0.6) is 0 Å². The van der Waals surface area contributed by atoms with E-state index in [1.165, 1.54) is 19.3 Å². The summed E-state index contributed by atoms with van der Waals surface area (Å²) in [6, 6.07) is 0.426. The molecule has 0 amide bonds. The fraction of sp³-hybridized carbons (Fsp3) is 1.00. The van der Waals surface area contributed by atoms with Crippen molar-refractivity contribution in [3.63, 3.8) is 0 Å². The lowest BCUT2D eigenvalue weighted by Crippen LogP contribution is -2.39. The molecule has 2 aliphatic heterocycles. The van der Waals surface area contributed by atoms with Gasteiger partial charge in [0.1, 0.15) is 9.84 Å². The highest BCUT2D eigenvalue weighted by molar-refractivity contribution is 7.91. The quantitative estimate of drug-likeness (QED) is 0.778. The number of sulfone groups is 1. The van der Waals surface area contributed by atoms with Gasteiger partial charge in [0.15, 0.2) is 0 Å². The largest absolute Gasteiger partial charge is 0.317 e. The first-order chi connectivity index (χ1) is 8.16. The Morgan fingerprint density at radius 3 is 2.59 bits per heavy atom. The summed E-state index contributed by atoms with van der Waals surface area (Å²) in [6.45, 7) is 3.34. The van der Waals surface area contributed by atoms with Gasteiger partial charge in [-0.15, -0.1) is 0 Å². The van der Waals surface area contributed by atoms with Crippen molar-refractivity contribution in [3.8, 4) is 0 Å². The second-order valence-electron chi connectivity index (χ2n) is 5.38. The molecule has 2 N–H and O–H groups in total. The number of nitrogens with one attached hydrogen (secondary N) is 2. The minimum atomic E-state index is -2.71. The number of hydrogen-bond donors (Lipinski definition) is 2. The predicted molar refractivity (Wildman–Crippen MR) is 69.9 cm³/mol. The highest BCUT2D eigenvalue weighted by atomic mass is 32.2. The van der Waals surface area contributed by atoms with E-state index in [0.717, 1.165) is 38.4 Å².